The minimum absolute atomic E-state index is 0.000605. The molecule has 0 fully saturated rings. The van der Waals surface area contributed by atoms with Crippen LogP contribution in [0.25, 0.3) is 0 Å². The maximum Gasteiger partial charge on any atom is 0.354 e. The van der Waals surface area contributed by atoms with Crippen LogP contribution >= 0.6 is 0 Å². The van der Waals surface area contributed by atoms with Crippen LogP contribution in [0.2, 0.25) is 0 Å². The number of hydrogen-bond acceptors (Lipinski definition) is 5. The van der Waals surface area contributed by atoms with Gasteiger partial charge in [-0.15, -0.1) is 0 Å². The molecule has 0 saturated heterocycles. The fourth-order valence-corrected chi connectivity index (χ4v) is 1.30. The highest BCUT2D eigenvalue weighted by molar-refractivity contribution is 5.86. The van der Waals surface area contributed by atoms with Gasteiger partial charge in [-0.05, 0) is 12.1 Å². The van der Waals surface area contributed by atoms with Gasteiger partial charge in [-0.1, -0.05) is 0 Å². The fourth-order valence-electron chi connectivity index (χ4n) is 1.30. The van der Waals surface area contributed by atoms with Crippen molar-refractivity contribution in [2.45, 2.75) is 6.42 Å². The predicted molar refractivity (Wildman–Crippen MR) is 53.8 cm³/mol. The Balaban J connectivity index is 2.31. The summed E-state index contributed by atoms with van der Waals surface area (Å²) in [7, 11) is 0. The molecule has 0 amide bonds. The van der Waals surface area contributed by atoms with Crippen molar-refractivity contribution in [3.63, 3.8) is 0 Å². The maximum atomic E-state index is 10.9. The second-order valence-electron chi connectivity index (χ2n) is 3.09. The molecule has 0 aliphatic heterocycles. The van der Waals surface area contributed by atoms with Gasteiger partial charge < -0.3 is 5.11 Å². The number of hydrogen-bond donors (Lipinski definition) is 1. The Bertz CT molecular complexity index is 501. The Morgan fingerprint density at radius 3 is 3.00 bits per heavy atom. The van der Waals surface area contributed by atoms with Crippen molar-refractivity contribution in [1.82, 2.24) is 20.2 Å². The van der Waals surface area contributed by atoms with E-state index < -0.39 is 5.97 Å². The summed E-state index contributed by atoms with van der Waals surface area (Å²) in [5.41, 5.74) is 1.20. The molecular formula is C10H8N4O2. The number of carboxylic acids is 1. The van der Waals surface area contributed by atoms with E-state index in [0.29, 0.717) is 17.7 Å². The molecule has 0 saturated carbocycles. The molecule has 6 heteroatoms. The number of aromatic carboxylic acids is 1. The zero-order valence-electron chi connectivity index (χ0n) is 8.24. The summed E-state index contributed by atoms with van der Waals surface area (Å²) in [5.74, 6) is -1.07. The molecule has 0 aliphatic rings. The van der Waals surface area contributed by atoms with Crippen LogP contribution in [0.5, 0.6) is 0 Å². The molecule has 80 valence electrons. The van der Waals surface area contributed by atoms with Gasteiger partial charge >= 0.3 is 5.97 Å². The third-order valence-corrected chi connectivity index (χ3v) is 1.99. The molecule has 0 aliphatic carbocycles. The van der Waals surface area contributed by atoms with Gasteiger partial charge in [0.2, 0.25) is 0 Å². The number of carbonyl (C=O) groups is 1. The number of rotatable bonds is 3. The van der Waals surface area contributed by atoms with Gasteiger partial charge in [0.1, 0.15) is 6.33 Å². The molecule has 1 N–H and O–H groups in total. The summed E-state index contributed by atoms with van der Waals surface area (Å²) in [5, 5.41) is 16.5. The van der Waals surface area contributed by atoms with Crippen LogP contribution in [0, 0.1) is 0 Å². The lowest BCUT2D eigenvalue weighted by Crippen LogP contribution is -2.07. The van der Waals surface area contributed by atoms with E-state index in [0.717, 1.165) is 0 Å². The van der Waals surface area contributed by atoms with Crippen molar-refractivity contribution in [1.29, 1.82) is 0 Å². The molecule has 2 heterocycles. The van der Waals surface area contributed by atoms with E-state index >= 15 is 0 Å². The van der Waals surface area contributed by atoms with Crippen LogP contribution in [-0.2, 0) is 6.42 Å². The first-order valence-electron chi connectivity index (χ1n) is 4.56. The minimum atomic E-state index is -1.07. The Labute approximate surface area is 91.0 Å². The first-order valence-corrected chi connectivity index (χ1v) is 4.56. The molecule has 0 bridgehead atoms. The van der Waals surface area contributed by atoms with Crippen molar-refractivity contribution in [2.75, 3.05) is 0 Å². The molecule has 0 unspecified atom stereocenters. The molecule has 0 radical (unpaired) electrons. The second-order valence-corrected chi connectivity index (χ2v) is 3.09. The van der Waals surface area contributed by atoms with E-state index in [9.17, 15) is 4.79 Å². The molecule has 6 nitrogen and oxygen atoms in total. The Kier molecular flexibility index (Phi) is 2.81. The lowest BCUT2D eigenvalue weighted by atomic mass is 10.1. The number of nitrogens with zero attached hydrogens (tertiary/aromatic N) is 4. The van der Waals surface area contributed by atoms with Gasteiger partial charge in [0.25, 0.3) is 0 Å². The number of aromatic nitrogens is 4. The Hall–Kier alpha value is -2.37. The van der Waals surface area contributed by atoms with Crippen molar-refractivity contribution >= 4 is 5.97 Å². The maximum absolute atomic E-state index is 10.9. The summed E-state index contributed by atoms with van der Waals surface area (Å²) < 4.78 is 0. The molecule has 2 aromatic heterocycles. The quantitative estimate of drug-likeness (QED) is 0.806. The monoisotopic (exact) mass is 216 g/mol. The van der Waals surface area contributed by atoms with E-state index in [1.165, 1.54) is 12.5 Å². The lowest BCUT2D eigenvalue weighted by Gasteiger charge is -2.02. The molecule has 0 aromatic carbocycles. The highest BCUT2D eigenvalue weighted by Gasteiger charge is 2.12. The third kappa shape index (κ3) is 2.17. The largest absolute Gasteiger partial charge is 0.477 e. The summed E-state index contributed by atoms with van der Waals surface area (Å²) >= 11 is 0. The molecule has 0 spiro atoms. The molecule has 0 atom stereocenters. The topological polar surface area (TPSA) is 88.9 Å². The SMILES string of the molecule is O=C(O)c1ncncc1Cc1cccnn1. The third-order valence-electron chi connectivity index (χ3n) is 1.99. The standard InChI is InChI=1S/C10H8N4O2/c15-10(16)9-7(5-11-6-12-9)4-8-2-1-3-13-14-8/h1-3,5-6H,4H2,(H,15,16). The van der Waals surface area contributed by atoms with Crippen molar-refractivity contribution in [3.05, 3.63) is 47.8 Å². The van der Waals surface area contributed by atoms with Crippen LogP contribution in [0.1, 0.15) is 21.7 Å². The van der Waals surface area contributed by atoms with Gasteiger partial charge in [0.15, 0.2) is 5.69 Å². The Morgan fingerprint density at radius 2 is 2.31 bits per heavy atom. The van der Waals surface area contributed by atoms with Crippen LogP contribution < -0.4 is 0 Å². The molecule has 16 heavy (non-hydrogen) atoms. The Morgan fingerprint density at radius 1 is 1.44 bits per heavy atom. The second kappa shape index (κ2) is 4.43. The summed E-state index contributed by atoms with van der Waals surface area (Å²) in [6.07, 6.45) is 4.61. The summed E-state index contributed by atoms with van der Waals surface area (Å²) in [6, 6.07) is 3.51. The van der Waals surface area contributed by atoms with Gasteiger partial charge in [0.05, 0.1) is 5.69 Å². The average Bonchev–Trinajstić information content (AvgIpc) is 2.31. The lowest BCUT2D eigenvalue weighted by molar-refractivity contribution is 0.0689. The molecule has 2 aromatic rings. The van der Waals surface area contributed by atoms with Crippen molar-refractivity contribution in [3.8, 4) is 0 Å². The van der Waals surface area contributed by atoms with Gasteiger partial charge in [-0.2, -0.15) is 10.2 Å². The van der Waals surface area contributed by atoms with Crippen molar-refractivity contribution in [2.24, 2.45) is 0 Å². The van der Waals surface area contributed by atoms with E-state index in [4.69, 9.17) is 5.11 Å². The summed E-state index contributed by atoms with van der Waals surface area (Å²) in [6.45, 7) is 0. The highest BCUT2D eigenvalue weighted by Crippen LogP contribution is 2.08. The van der Waals surface area contributed by atoms with Crippen LogP contribution in [0.4, 0.5) is 0 Å². The summed E-state index contributed by atoms with van der Waals surface area (Å²) in [4.78, 5) is 18.4. The van der Waals surface area contributed by atoms with Crippen LogP contribution in [0.3, 0.4) is 0 Å². The minimum Gasteiger partial charge on any atom is -0.477 e. The van der Waals surface area contributed by atoms with E-state index in [-0.39, 0.29) is 5.69 Å². The normalized spacial score (nSPS) is 10.0. The zero-order chi connectivity index (χ0) is 11.4. The van der Waals surface area contributed by atoms with Crippen LogP contribution in [0.15, 0.2) is 30.9 Å². The number of carboxylic acid groups (broad SMARTS) is 1. The van der Waals surface area contributed by atoms with Gasteiger partial charge in [-0.3, -0.25) is 0 Å². The van der Waals surface area contributed by atoms with Crippen LogP contribution in [-0.4, -0.2) is 31.2 Å². The smallest absolute Gasteiger partial charge is 0.354 e. The van der Waals surface area contributed by atoms with Crippen molar-refractivity contribution < 1.29 is 9.90 Å². The van der Waals surface area contributed by atoms with E-state index in [1.54, 1.807) is 18.3 Å². The predicted octanol–water partition coefficient (Wildman–Crippen LogP) is 0.556. The molecular weight excluding hydrogens is 208 g/mol. The fraction of sp³-hybridized carbons (Fsp3) is 0.100. The first-order chi connectivity index (χ1) is 7.77. The average molecular weight is 216 g/mol. The van der Waals surface area contributed by atoms with E-state index in [1.807, 2.05) is 0 Å². The zero-order valence-corrected chi connectivity index (χ0v) is 8.24. The molecule has 2 rings (SSSR count). The van der Waals surface area contributed by atoms with Gasteiger partial charge in [0, 0.05) is 24.4 Å². The first kappa shape index (κ1) is 10.2. The highest BCUT2D eigenvalue weighted by atomic mass is 16.4. The van der Waals surface area contributed by atoms with E-state index in [2.05, 4.69) is 20.2 Å². The van der Waals surface area contributed by atoms with Gasteiger partial charge in [-0.25, -0.2) is 14.8 Å².